The molecule has 2 fully saturated rings. The van der Waals surface area contributed by atoms with E-state index in [1.807, 2.05) is 6.20 Å². The van der Waals surface area contributed by atoms with Gasteiger partial charge in [0.2, 0.25) is 5.82 Å². The van der Waals surface area contributed by atoms with Gasteiger partial charge in [-0.2, -0.15) is 4.98 Å². The lowest BCUT2D eigenvalue weighted by Crippen LogP contribution is -2.42. The second kappa shape index (κ2) is 6.20. The van der Waals surface area contributed by atoms with E-state index in [1.54, 1.807) is 11.3 Å². The summed E-state index contributed by atoms with van der Waals surface area (Å²) in [6, 6.07) is 0.578. The molecule has 0 spiro atoms. The predicted molar refractivity (Wildman–Crippen MR) is 91.9 cm³/mol. The minimum absolute atomic E-state index is 0.0844. The van der Waals surface area contributed by atoms with Crippen LogP contribution in [0.15, 0.2) is 10.7 Å². The van der Waals surface area contributed by atoms with Crippen LogP contribution in [-0.4, -0.2) is 45.8 Å². The highest BCUT2D eigenvalue weighted by atomic mass is 32.1. The number of thiazole rings is 1. The molecule has 0 radical (unpaired) electrons. The SMILES string of the molecule is CC(C)(C)Cc1ncc(-c2nc([C@H]3CN4CCC[C@H]4CO3)no2)s1. The fraction of sp³-hybridized carbons (Fsp3) is 0.706. The first-order chi connectivity index (χ1) is 11.5. The molecule has 4 heterocycles. The van der Waals surface area contributed by atoms with Crippen LogP contribution in [0.2, 0.25) is 0 Å². The van der Waals surface area contributed by atoms with Crippen molar-refractivity contribution >= 4 is 11.3 Å². The van der Waals surface area contributed by atoms with E-state index >= 15 is 0 Å². The standard InChI is InChI=1S/C17H24N4O2S/c1-17(2,3)7-14-18-8-13(24-14)16-19-15(20-23-16)12-9-21-6-4-5-11(21)10-22-12/h8,11-12H,4-7,9-10H2,1-3H3/t11-,12+/m0/s1. The number of nitrogens with zero attached hydrogens (tertiary/aromatic N) is 4. The van der Waals surface area contributed by atoms with Gasteiger partial charge in [-0.3, -0.25) is 4.90 Å². The Kier molecular flexibility index (Phi) is 4.18. The van der Waals surface area contributed by atoms with Crippen molar-refractivity contribution in [3.8, 4) is 10.8 Å². The molecule has 0 saturated carbocycles. The molecule has 0 bridgehead atoms. The lowest BCUT2D eigenvalue weighted by atomic mass is 9.93. The van der Waals surface area contributed by atoms with Gasteiger partial charge in [-0.15, -0.1) is 11.3 Å². The fourth-order valence-corrected chi connectivity index (χ4v) is 4.52. The molecule has 6 nitrogen and oxygen atoms in total. The van der Waals surface area contributed by atoms with Crippen molar-refractivity contribution in [2.24, 2.45) is 5.41 Å². The van der Waals surface area contributed by atoms with E-state index in [1.165, 1.54) is 12.8 Å². The predicted octanol–water partition coefficient (Wildman–Crippen LogP) is 3.32. The maximum atomic E-state index is 5.96. The van der Waals surface area contributed by atoms with Gasteiger partial charge in [0.1, 0.15) is 11.0 Å². The van der Waals surface area contributed by atoms with Crippen molar-refractivity contribution in [2.75, 3.05) is 19.7 Å². The fourth-order valence-electron chi connectivity index (χ4n) is 3.38. The lowest BCUT2D eigenvalue weighted by molar-refractivity contribution is -0.0548. The molecule has 0 unspecified atom stereocenters. The Morgan fingerprint density at radius 1 is 1.38 bits per heavy atom. The molecule has 2 atom stereocenters. The highest BCUT2D eigenvalue weighted by molar-refractivity contribution is 7.15. The minimum Gasteiger partial charge on any atom is -0.367 e. The molecule has 4 rings (SSSR count). The van der Waals surface area contributed by atoms with Gasteiger partial charge in [0, 0.05) is 19.0 Å². The van der Waals surface area contributed by atoms with Crippen LogP contribution in [0.1, 0.15) is 50.5 Å². The number of aromatic nitrogens is 3. The van der Waals surface area contributed by atoms with Gasteiger partial charge in [-0.1, -0.05) is 25.9 Å². The van der Waals surface area contributed by atoms with Crippen LogP contribution >= 0.6 is 11.3 Å². The summed E-state index contributed by atoms with van der Waals surface area (Å²) in [4.78, 5) is 12.5. The molecule has 130 valence electrons. The molecule has 7 heteroatoms. The van der Waals surface area contributed by atoms with E-state index < -0.39 is 0 Å². The van der Waals surface area contributed by atoms with E-state index in [4.69, 9.17) is 9.26 Å². The zero-order valence-corrected chi connectivity index (χ0v) is 15.3. The Balaban J connectivity index is 1.47. The summed E-state index contributed by atoms with van der Waals surface area (Å²) in [5.74, 6) is 1.20. The largest absolute Gasteiger partial charge is 0.367 e. The van der Waals surface area contributed by atoms with Crippen molar-refractivity contribution in [3.63, 3.8) is 0 Å². The average Bonchev–Trinajstić information content (AvgIpc) is 3.24. The zero-order chi connectivity index (χ0) is 16.7. The van der Waals surface area contributed by atoms with Gasteiger partial charge in [0.05, 0.1) is 17.8 Å². The van der Waals surface area contributed by atoms with Gasteiger partial charge in [-0.05, 0) is 24.8 Å². The summed E-state index contributed by atoms with van der Waals surface area (Å²) in [5.41, 5.74) is 0.220. The van der Waals surface area contributed by atoms with Crippen molar-refractivity contribution < 1.29 is 9.26 Å². The molecule has 2 aliphatic rings. The van der Waals surface area contributed by atoms with E-state index in [2.05, 4.69) is 40.8 Å². The molecule has 2 saturated heterocycles. The molecular weight excluding hydrogens is 324 g/mol. The number of hydrogen-bond donors (Lipinski definition) is 0. The molecule has 0 N–H and O–H groups in total. The normalized spacial score (nSPS) is 25.1. The highest BCUT2D eigenvalue weighted by Crippen LogP contribution is 2.32. The average molecular weight is 348 g/mol. The Morgan fingerprint density at radius 2 is 2.25 bits per heavy atom. The van der Waals surface area contributed by atoms with E-state index in [0.717, 1.165) is 36.0 Å². The minimum atomic E-state index is -0.0844. The number of hydrogen-bond acceptors (Lipinski definition) is 7. The van der Waals surface area contributed by atoms with Gasteiger partial charge >= 0.3 is 0 Å². The second-order valence-electron chi connectivity index (χ2n) is 7.93. The third-order valence-electron chi connectivity index (χ3n) is 4.56. The van der Waals surface area contributed by atoms with Crippen molar-refractivity contribution in [2.45, 2.75) is 52.2 Å². The topological polar surface area (TPSA) is 64.3 Å². The van der Waals surface area contributed by atoms with Crippen molar-refractivity contribution in [3.05, 3.63) is 17.0 Å². The molecular formula is C17H24N4O2S. The molecule has 2 aromatic heterocycles. The lowest BCUT2D eigenvalue weighted by Gasteiger charge is -2.33. The number of fused-ring (bicyclic) bond motifs is 1. The van der Waals surface area contributed by atoms with Crippen LogP contribution in [0.25, 0.3) is 10.8 Å². The third-order valence-corrected chi connectivity index (χ3v) is 5.55. The highest BCUT2D eigenvalue weighted by Gasteiger charge is 2.35. The van der Waals surface area contributed by atoms with Gasteiger partial charge in [0.25, 0.3) is 5.89 Å². The summed E-state index contributed by atoms with van der Waals surface area (Å²) in [5, 5.41) is 5.26. The second-order valence-corrected chi connectivity index (χ2v) is 9.04. The Morgan fingerprint density at radius 3 is 3.08 bits per heavy atom. The summed E-state index contributed by atoms with van der Waals surface area (Å²) in [6.45, 7) is 9.42. The molecule has 24 heavy (non-hydrogen) atoms. The zero-order valence-electron chi connectivity index (χ0n) is 14.5. The van der Waals surface area contributed by atoms with Gasteiger partial charge in [-0.25, -0.2) is 4.98 Å². The van der Waals surface area contributed by atoms with Crippen LogP contribution in [-0.2, 0) is 11.2 Å². The first kappa shape index (κ1) is 16.2. The number of morpholine rings is 1. The van der Waals surface area contributed by atoms with Crippen LogP contribution in [0.5, 0.6) is 0 Å². The van der Waals surface area contributed by atoms with E-state index in [0.29, 0.717) is 17.8 Å². The molecule has 2 aromatic rings. The van der Waals surface area contributed by atoms with Gasteiger partial charge < -0.3 is 9.26 Å². The van der Waals surface area contributed by atoms with Crippen LogP contribution in [0, 0.1) is 5.41 Å². The van der Waals surface area contributed by atoms with Crippen molar-refractivity contribution in [1.29, 1.82) is 0 Å². The van der Waals surface area contributed by atoms with Crippen LogP contribution in [0.4, 0.5) is 0 Å². The van der Waals surface area contributed by atoms with Crippen LogP contribution in [0.3, 0.4) is 0 Å². The maximum absolute atomic E-state index is 5.96. The third kappa shape index (κ3) is 3.38. The first-order valence-electron chi connectivity index (χ1n) is 8.62. The quantitative estimate of drug-likeness (QED) is 0.848. The van der Waals surface area contributed by atoms with Crippen molar-refractivity contribution in [1.82, 2.24) is 20.0 Å². The van der Waals surface area contributed by atoms with E-state index in [9.17, 15) is 0 Å². The molecule has 0 aromatic carbocycles. The number of ether oxygens (including phenoxy) is 1. The first-order valence-corrected chi connectivity index (χ1v) is 9.44. The van der Waals surface area contributed by atoms with Crippen LogP contribution < -0.4 is 0 Å². The van der Waals surface area contributed by atoms with Gasteiger partial charge in [0.15, 0.2) is 0 Å². The Bertz CT molecular complexity index is 706. The summed E-state index contributed by atoms with van der Waals surface area (Å²) < 4.78 is 11.4. The molecule has 0 aliphatic carbocycles. The van der Waals surface area contributed by atoms with E-state index in [-0.39, 0.29) is 11.5 Å². The smallest absolute Gasteiger partial charge is 0.269 e. The summed E-state index contributed by atoms with van der Waals surface area (Å²) in [7, 11) is 0. The monoisotopic (exact) mass is 348 g/mol. The molecule has 2 aliphatic heterocycles. The Hall–Kier alpha value is -1.31. The summed E-state index contributed by atoms with van der Waals surface area (Å²) in [6.07, 6.45) is 5.19. The summed E-state index contributed by atoms with van der Waals surface area (Å²) >= 11 is 1.63. The maximum Gasteiger partial charge on any atom is 0.269 e. The Labute approximate surface area is 146 Å². The molecule has 0 amide bonds. The number of rotatable bonds is 3.